The fourth-order valence-corrected chi connectivity index (χ4v) is 2.70. The number of aryl methyl sites for hydroxylation is 1. The lowest BCUT2D eigenvalue weighted by molar-refractivity contribution is -0.537. The molecule has 1 aliphatic rings. The van der Waals surface area contributed by atoms with Crippen LogP contribution in [-0.2, 0) is 0 Å². The third-order valence-corrected chi connectivity index (χ3v) is 3.76. The van der Waals surface area contributed by atoms with E-state index < -0.39 is 0 Å². The molecule has 1 aromatic heterocycles. The van der Waals surface area contributed by atoms with E-state index in [1.165, 1.54) is 15.7 Å². The molecule has 0 spiro atoms. The number of aromatic nitrogens is 2. The van der Waals surface area contributed by atoms with Gasteiger partial charge in [0.25, 0.3) is 0 Å². The van der Waals surface area contributed by atoms with Crippen LogP contribution in [0.2, 0.25) is 0 Å². The fraction of sp³-hybridized carbons (Fsp3) is 0.0588. The number of hydrogen-bond acceptors (Lipinski definition) is 3. The molecule has 0 fully saturated rings. The number of nitrogens with zero attached hydrogens (tertiary/aromatic N) is 3. The van der Waals surface area contributed by atoms with E-state index in [9.17, 15) is 9.59 Å². The lowest BCUT2D eigenvalue weighted by Gasteiger charge is -2.03. The zero-order chi connectivity index (χ0) is 15.3. The largest absolute Gasteiger partial charge is 0.512 e. The molecule has 3 aromatic rings. The maximum atomic E-state index is 12.8. The van der Waals surface area contributed by atoms with E-state index in [2.05, 4.69) is 4.98 Å². The first-order valence-corrected chi connectivity index (χ1v) is 6.92. The Morgan fingerprint density at radius 2 is 1.82 bits per heavy atom. The summed E-state index contributed by atoms with van der Waals surface area (Å²) in [5.74, 6) is -0.355. The second kappa shape index (κ2) is 4.46. The van der Waals surface area contributed by atoms with Crippen molar-refractivity contribution in [2.45, 2.75) is 6.92 Å². The molecule has 0 unspecified atom stereocenters. The first kappa shape index (κ1) is 12.6. The van der Waals surface area contributed by atoms with Crippen molar-refractivity contribution in [3.8, 4) is 0 Å². The summed E-state index contributed by atoms with van der Waals surface area (Å²) in [4.78, 5) is 30.8. The normalized spacial score (nSPS) is 13.8. The van der Waals surface area contributed by atoms with Crippen LogP contribution >= 0.6 is 0 Å². The summed E-state index contributed by atoms with van der Waals surface area (Å²) in [5.41, 5.74) is 3.18. The van der Waals surface area contributed by atoms with Crippen molar-refractivity contribution in [3.05, 3.63) is 66.0 Å². The van der Waals surface area contributed by atoms with Gasteiger partial charge in [0.15, 0.2) is 5.52 Å². The van der Waals surface area contributed by atoms with Gasteiger partial charge in [0.2, 0.25) is 5.69 Å². The van der Waals surface area contributed by atoms with E-state index in [-0.39, 0.29) is 17.6 Å². The number of carbonyl (C=O) groups is 2. The van der Waals surface area contributed by atoms with Crippen molar-refractivity contribution in [1.29, 1.82) is 0 Å². The van der Waals surface area contributed by atoms with Gasteiger partial charge < -0.3 is 0 Å². The number of hydrogen-bond donors (Lipinski definition) is 0. The summed E-state index contributed by atoms with van der Waals surface area (Å²) in [7, 11) is 0. The van der Waals surface area contributed by atoms with Gasteiger partial charge in [-0.25, -0.2) is 9.78 Å². The van der Waals surface area contributed by atoms with E-state index in [0.717, 1.165) is 5.56 Å². The van der Waals surface area contributed by atoms with Gasteiger partial charge in [0, 0.05) is 0 Å². The number of fused-ring (bicyclic) bond motifs is 3. The van der Waals surface area contributed by atoms with Crippen LogP contribution in [0.1, 0.15) is 16.1 Å². The smallest absolute Gasteiger partial charge is 0.248 e. The van der Waals surface area contributed by atoms with Crippen molar-refractivity contribution in [2.24, 2.45) is 0 Å². The van der Waals surface area contributed by atoms with Crippen molar-refractivity contribution < 1.29 is 14.2 Å². The average molecular weight is 290 g/mol. The Morgan fingerprint density at radius 3 is 2.59 bits per heavy atom. The molecule has 106 valence electrons. The monoisotopic (exact) mass is 290 g/mol. The Labute approximate surface area is 126 Å². The number of anilines is 1. The molecule has 0 radical (unpaired) electrons. The van der Waals surface area contributed by atoms with E-state index >= 15 is 0 Å². The zero-order valence-corrected chi connectivity index (χ0v) is 11.9. The van der Waals surface area contributed by atoms with Crippen LogP contribution < -0.4 is 9.47 Å². The summed E-state index contributed by atoms with van der Waals surface area (Å²) in [6, 6.07) is 14.2. The maximum absolute atomic E-state index is 12.8. The predicted octanol–water partition coefficient (Wildman–Crippen LogP) is 2.46. The Hall–Kier alpha value is -3.08. The summed E-state index contributed by atoms with van der Waals surface area (Å²) in [5, 5.41) is 0. The molecule has 0 bridgehead atoms. The van der Waals surface area contributed by atoms with Crippen molar-refractivity contribution in [3.63, 3.8) is 0 Å². The summed E-state index contributed by atoms with van der Waals surface area (Å²) < 4.78 is 1.44. The number of amides is 2. The topological polar surface area (TPSA) is 54.2 Å². The Morgan fingerprint density at radius 1 is 1.05 bits per heavy atom. The van der Waals surface area contributed by atoms with Crippen LogP contribution in [-0.4, -0.2) is 16.9 Å². The van der Waals surface area contributed by atoms with Gasteiger partial charge in [-0.15, -0.1) is 9.47 Å². The number of imide groups is 1. The number of rotatable bonds is 1. The van der Waals surface area contributed by atoms with Crippen LogP contribution in [0.5, 0.6) is 0 Å². The molecule has 0 N–H and O–H groups in total. The van der Waals surface area contributed by atoms with Crippen LogP contribution in [0.15, 0.2) is 54.7 Å². The van der Waals surface area contributed by atoms with Crippen LogP contribution in [0, 0.1) is 6.92 Å². The van der Waals surface area contributed by atoms with E-state index in [1.807, 2.05) is 31.2 Å². The second-order valence-electron chi connectivity index (χ2n) is 5.23. The number of para-hydroxylation sites is 1. The molecule has 0 atom stereocenters. The predicted molar refractivity (Wildman–Crippen MR) is 80.7 cm³/mol. The molecule has 0 saturated carbocycles. The zero-order valence-electron chi connectivity index (χ0n) is 11.9. The molecule has 22 heavy (non-hydrogen) atoms. The first-order chi connectivity index (χ1) is 10.7. The molecule has 2 amide bonds. The van der Waals surface area contributed by atoms with Gasteiger partial charge >= 0.3 is 11.9 Å². The van der Waals surface area contributed by atoms with Crippen molar-refractivity contribution in [2.75, 3.05) is 4.90 Å². The molecule has 1 aliphatic heterocycles. The minimum atomic E-state index is -0.371. The van der Waals surface area contributed by atoms with Crippen LogP contribution in [0.4, 0.5) is 10.5 Å². The molecule has 2 aromatic carbocycles. The Balaban J connectivity index is 1.98. The quantitative estimate of drug-likeness (QED) is 0.647. The van der Waals surface area contributed by atoms with Crippen LogP contribution in [0.25, 0.3) is 11.0 Å². The van der Waals surface area contributed by atoms with E-state index in [4.69, 9.17) is 0 Å². The van der Waals surface area contributed by atoms with Crippen LogP contribution in [0.3, 0.4) is 0 Å². The molecular formula is C17H12N3O2+. The summed E-state index contributed by atoms with van der Waals surface area (Å²) in [6.45, 7) is 1.94. The molecule has 5 heteroatoms. The van der Waals surface area contributed by atoms with Gasteiger partial charge in [-0.3, -0.25) is 0 Å². The Kier molecular flexibility index (Phi) is 2.56. The highest BCUT2D eigenvalue weighted by Gasteiger charge is 2.48. The molecular weight excluding hydrogens is 278 g/mol. The molecule has 2 heterocycles. The van der Waals surface area contributed by atoms with E-state index in [1.54, 1.807) is 24.3 Å². The van der Waals surface area contributed by atoms with Gasteiger partial charge in [0.05, 0.1) is 6.20 Å². The third-order valence-electron chi connectivity index (χ3n) is 3.76. The minimum absolute atomic E-state index is 0.284. The van der Waals surface area contributed by atoms with Gasteiger partial charge in [-0.1, -0.05) is 24.3 Å². The summed E-state index contributed by atoms with van der Waals surface area (Å²) in [6.07, 6.45) is 1.46. The number of carbonyl (C=O) groups excluding carboxylic acids is 2. The van der Waals surface area contributed by atoms with Crippen molar-refractivity contribution in [1.82, 2.24) is 4.98 Å². The van der Waals surface area contributed by atoms with E-state index in [0.29, 0.717) is 16.7 Å². The minimum Gasteiger partial charge on any atom is -0.248 e. The SMILES string of the molecule is Cc1ccc2ncc3[n+](c2c1)C(=O)N(c1ccccc1)C3=O. The van der Waals surface area contributed by atoms with Crippen molar-refractivity contribution >= 4 is 28.7 Å². The molecule has 0 saturated heterocycles. The second-order valence-corrected chi connectivity index (χ2v) is 5.23. The van der Waals surface area contributed by atoms with Gasteiger partial charge in [0.1, 0.15) is 11.2 Å². The average Bonchev–Trinajstić information content (AvgIpc) is 2.79. The summed E-state index contributed by atoms with van der Waals surface area (Å²) >= 11 is 0. The highest BCUT2D eigenvalue weighted by Crippen LogP contribution is 2.22. The Bertz CT molecular complexity index is 935. The standard InChI is InChI=1S/C17H12N3O2/c1-11-7-8-13-14(9-11)20-15(10-18-13)16(21)19(17(20)22)12-5-3-2-4-6-12/h2-10H,1H3/q+1. The van der Waals surface area contributed by atoms with Gasteiger partial charge in [-0.2, -0.15) is 4.79 Å². The highest BCUT2D eigenvalue weighted by atomic mass is 16.2. The number of benzene rings is 2. The molecule has 4 rings (SSSR count). The lowest BCUT2D eigenvalue weighted by Crippen LogP contribution is -2.46. The molecule has 5 nitrogen and oxygen atoms in total. The highest BCUT2D eigenvalue weighted by molar-refractivity contribution is 6.21. The fourth-order valence-electron chi connectivity index (χ4n) is 2.70. The first-order valence-electron chi connectivity index (χ1n) is 6.92. The maximum Gasteiger partial charge on any atom is 0.512 e. The molecule has 0 aliphatic carbocycles. The van der Waals surface area contributed by atoms with Gasteiger partial charge in [-0.05, 0) is 36.8 Å². The third kappa shape index (κ3) is 1.65. The lowest BCUT2D eigenvalue weighted by atomic mass is 10.2.